The molecule has 1 aliphatic rings. The molecule has 0 spiro atoms. The van der Waals surface area contributed by atoms with Crippen LogP contribution in [0, 0.1) is 5.41 Å². The van der Waals surface area contributed by atoms with Crippen LogP contribution in [0.4, 0.5) is 4.79 Å². The third-order valence-electron chi connectivity index (χ3n) is 5.75. The first-order valence-corrected chi connectivity index (χ1v) is 10.1. The van der Waals surface area contributed by atoms with Gasteiger partial charge >= 0.3 is 6.03 Å². The van der Waals surface area contributed by atoms with Crippen molar-refractivity contribution in [3.8, 4) is 5.75 Å². The smallest absolute Gasteiger partial charge is 0.319 e. The largest absolute Gasteiger partial charge is 0.497 e. The average Bonchev–Trinajstić information content (AvgIpc) is 2.96. The van der Waals surface area contributed by atoms with Crippen molar-refractivity contribution < 1.29 is 14.3 Å². The first-order valence-electron chi connectivity index (χ1n) is 10.1. The highest BCUT2D eigenvalue weighted by molar-refractivity contribution is 5.96. The van der Waals surface area contributed by atoms with Crippen LogP contribution < -0.4 is 10.1 Å². The van der Waals surface area contributed by atoms with E-state index in [0.717, 1.165) is 11.1 Å². The monoisotopic (exact) mass is 409 g/mol. The molecule has 2 atom stereocenters. The molecular weight excluding hydrogens is 378 g/mol. The lowest BCUT2D eigenvalue weighted by Crippen LogP contribution is -2.58. The summed E-state index contributed by atoms with van der Waals surface area (Å²) >= 11 is 0. The van der Waals surface area contributed by atoms with Crippen LogP contribution in [0.5, 0.6) is 5.75 Å². The second-order valence-electron chi connectivity index (χ2n) is 8.84. The molecule has 0 bridgehead atoms. The minimum absolute atomic E-state index is 0.108. The molecule has 1 fully saturated rings. The Morgan fingerprint density at radius 1 is 1.13 bits per heavy atom. The molecule has 3 amide bonds. The lowest BCUT2D eigenvalue weighted by atomic mass is 9.81. The highest BCUT2D eigenvalue weighted by atomic mass is 16.5. The SMILES string of the molecule is CNC(=O)N1[C@H](C(C)(C)C)N(C)C(=O)[C@@]1(Cc1ccccc1)c1cccc(OC)c1. The Labute approximate surface area is 178 Å². The molecule has 1 saturated heterocycles. The number of urea groups is 1. The van der Waals surface area contributed by atoms with Crippen LogP contribution in [0.25, 0.3) is 0 Å². The van der Waals surface area contributed by atoms with Crippen LogP contribution in [0.1, 0.15) is 31.9 Å². The molecular formula is C24H31N3O3. The van der Waals surface area contributed by atoms with Gasteiger partial charge in [-0.05, 0) is 23.3 Å². The molecule has 30 heavy (non-hydrogen) atoms. The van der Waals surface area contributed by atoms with E-state index in [9.17, 15) is 9.59 Å². The topological polar surface area (TPSA) is 61.9 Å². The quantitative estimate of drug-likeness (QED) is 0.839. The van der Waals surface area contributed by atoms with Crippen molar-refractivity contribution in [3.63, 3.8) is 0 Å². The lowest BCUT2D eigenvalue weighted by molar-refractivity contribution is -0.133. The van der Waals surface area contributed by atoms with Gasteiger partial charge in [0.1, 0.15) is 11.9 Å². The first-order chi connectivity index (χ1) is 14.2. The Balaban J connectivity index is 2.32. The molecule has 0 saturated carbocycles. The zero-order chi connectivity index (χ0) is 22.1. The summed E-state index contributed by atoms with van der Waals surface area (Å²) in [7, 11) is 4.98. The van der Waals surface area contributed by atoms with E-state index >= 15 is 0 Å². The molecule has 2 aromatic carbocycles. The molecule has 1 aliphatic heterocycles. The Bertz CT molecular complexity index is 923. The van der Waals surface area contributed by atoms with E-state index in [2.05, 4.69) is 5.32 Å². The molecule has 0 aliphatic carbocycles. The Morgan fingerprint density at radius 2 is 1.80 bits per heavy atom. The van der Waals surface area contributed by atoms with E-state index in [1.165, 1.54) is 0 Å². The van der Waals surface area contributed by atoms with Gasteiger partial charge in [0.2, 0.25) is 0 Å². The maximum absolute atomic E-state index is 14.0. The predicted octanol–water partition coefficient (Wildman–Crippen LogP) is 3.62. The van der Waals surface area contributed by atoms with Gasteiger partial charge in [-0.25, -0.2) is 4.79 Å². The van der Waals surface area contributed by atoms with E-state index in [-0.39, 0.29) is 17.4 Å². The minimum atomic E-state index is -1.19. The molecule has 1 heterocycles. The van der Waals surface area contributed by atoms with Crippen LogP contribution in [0.3, 0.4) is 0 Å². The van der Waals surface area contributed by atoms with Crippen LogP contribution in [-0.2, 0) is 16.8 Å². The second-order valence-corrected chi connectivity index (χ2v) is 8.84. The molecule has 0 aromatic heterocycles. The van der Waals surface area contributed by atoms with Gasteiger partial charge in [-0.1, -0.05) is 63.2 Å². The number of carbonyl (C=O) groups is 2. The fraction of sp³-hybridized carbons (Fsp3) is 0.417. The highest BCUT2D eigenvalue weighted by Crippen LogP contribution is 2.47. The van der Waals surface area contributed by atoms with Gasteiger partial charge in [-0.15, -0.1) is 0 Å². The minimum Gasteiger partial charge on any atom is -0.497 e. The summed E-state index contributed by atoms with van der Waals surface area (Å²) < 4.78 is 5.44. The van der Waals surface area contributed by atoms with E-state index in [1.807, 2.05) is 75.4 Å². The summed E-state index contributed by atoms with van der Waals surface area (Å²) in [5, 5.41) is 2.77. The standard InChI is InChI=1S/C24H31N3O3/c1-23(2,3)20-26(5)21(28)24(27(20)22(29)25-4,16-17-11-8-7-9-12-17)18-13-10-14-19(15-18)30-6/h7-15,20H,16H2,1-6H3,(H,25,29)/t20-,24-/m1/s1. The van der Waals surface area contributed by atoms with Gasteiger partial charge in [0.05, 0.1) is 7.11 Å². The number of likely N-dealkylation sites (N-methyl/N-ethyl adjacent to an activating group) is 1. The third-order valence-corrected chi connectivity index (χ3v) is 5.75. The van der Waals surface area contributed by atoms with Crippen molar-refractivity contribution in [1.29, 1.82) is 0 Å². The summed E-state index contributed by atoms with van der Waals surface area (Å²) in [6, 6.07) is 17.0. The second kappa shape index (κ2) is 8.01. The lowest BCUT2D eigenvalue weighted by Gasteiger charge is -2.43. The normalized spacial score (nSPS) is 21.7. The number of ether oxygens (including phenoxy) is 1. The van der Waals surface area contributed by atoms with Gasteiger partial charge < -0.3 is 15.0 Å². The Morgan fingerprint density at radius 3 is 2.37 bits per heavy atom. The Hall–Kier alpha value is -3.02. The number of nitrogens with zero attached hydrogens (tertiary/aromatic N) is 2. The number of methoxy groups -OCH3 is 1. The van der Waals surface area contributed by atoms with Gasteiger partial charge in [-0.3, -0.25) is 9.69 Å². The summed E-state index contributed by atoms with van der Waals surface area (Å²) in [4.78, 5) is 30.7. The number of amides is 3. The molecule has 160 valence electrons. The molecule has 6 heteroatoms. The highest BCUT2D eigenvalue weighted by Gasteiger charge is 2.61. The van der Waals surface area contributed by atoms with Gasteiger partial charge in [-0.2, -0.15) is 0 Å². The van der Waals surface area contributed by atoms with E-state index in [1.54, 1.807) is 31.0 Å². The summed E-state index contributed by atoms with van der Waals surface area (Å²) in [5.74, 6) is 0.537. The van der Waals surface area contributed by atoms with Crippen LogP contribution >= 0.6 is 0 Å². The van der Waals surface area contributed by atoms with Crippen molar-refractivity contribution >= 4 is 11.9 Å². The molecule has 1 N–H and O–H groups in total. The first kappa shape index (κ1) is 21.7. The fourth-order valence-electron chi connectivity index (χ4n) is 4.56. The van der Waals surface area contributed by atoms with Crippen molar-refractivity contribution in [2.24, 2.45) is 5.41 Å². The summed E-state index contributed by atoms with van der Waals surface area (Å²) in [6.45, 7) is 6.13. The number of hydrogen-bond acceptors (Lipinski definition) is 3. The molecule has 2 aromatic rings. The summed E-state index contributed by atoms with van der Waals surface area (Å²) in [6.07, 6.45) is -0.0515. The Kier molecular flexibility index (Phi) is 5.79. The number of benzene rings is 2. The van der Waals surface area contributed by atoms with E-state index in [4.69, 9.17) is 4.74 Å². The van der Waals surface area contributed by atoms with Crippen molar-refractivity contribution in [2.75, 3.05) is 21.2 Å². The molecule has 0 unspecified atom stereocenters. The fourth-order valence-corrected chi connectivity index (χ4v) is 4.56. The van der Waals surface area contributed by atoms with Gasteiger partial charge in [0.15, 0.2) is 5.54 Å². The maximum Gasteiger partial charge on any atom is 0.319 e. The predicted molar refractivity (Wildman–Crippen MR) is 117 cm³/mol. The van der Waals surface area contributed by atoms with Crippen LogP contribution in [0.15, 0.2) is 54.6 Å². The van der Waals surface area contributed by atoms with Crippen molar-refractivity contribution in [2.45, 2.75) is 38.9 Å². The zero-order valence-electron chi connectivity index (χ0n) is 18.6. The van der Waals surface area contributed by atoms with Crippen molar-refractivity contribution in [1.82, 2.24) is 15.1 Å². The number of nitrogens with one attached hydrogen (secondary N) is 1. The molecule has 0 radical (unpaired) electrons. The van der Waals surface area contributed by atoms with Crippen molar-refractivity contribution in [3.05, 3.63) is 65.7 Å². The van der Waals surface area contributed by atoms with Crippen LogP contribution in [-0.4, -0.2) is 49.1 Å². The van der Waals surface area contributed by atoms with Gasteiger partial charge in [0.25, 0.3) is 5.91 Å². The van der Waals surface area contributed by atoms with E-state index < -0.39 is 11.7 Å². The maximum atomic E-state index is 14.0. The molecule has 3 rings (SSSR count). The van der Waals surface area contributed by atoms with Crippen LogP contribution in [0.2, 0.25) is 0 Å². The molecule has 6 nitrogen and oxygen atoms in total. The van der Waals surface area contributed by atoms with Gasteiger partial charge in [0, 0.05) is 25.9 Å². The van der Waals surface area contributed by atoms with E-state index in [0.29, 0.717) is 12.2 Å². The number of carbonyl (C=O) groups excluding carboxylic acids is 2. The summed E-state index contributed by atoms with van der Waals surface area (Å²) in [5.41, 5.74) is 0.167. The zero-order valence-corrected chi connectivity index (χ0v) is 18.6. The average molecular weight is 410 g/mol. The third kappa shape index (κ3) is 3.51. The number of hydrogen-bond donors (Lipinski definition) is 1. The number of rotatable bonds is 4.